The van der Waals surface area contributed by atoms with Crippen molar-refractivity contribution in [3.05, 3.63) is 53.0 Å². The topological polar surface area (TPSA) is 71.1 Å². The summed E-state index contributed by atoms with van der Waals surface area (Å²) >= 11 is 3.33. The van der Waals surface area contributed by atoms with Gasteiger partial charge in [-0.2, -0.15) is 0 Å². The maximum atomic E-state index is 12.0. The molecule has 0 radical (unpaired) electrons. The SMILES string of the molecule is CCN1CCN(c2ccc(NC(=O)COC(=O)COc3ccc(Br)cc3)cc2)CC1. The van der Waals surface area contributed by atoms with Crippen LogP contribution < -0.4 is 15.0 Å². The van der Waals surface area contributed by atoms with Crippen molar-refractivity contribution < 1.29 is 19.1 Å². The highest BCUT2D eigenvalue weighted by Gasteiger charge is 2.16. The van der Waals surface area contributed by atoms with Gasteiger partial charge < -0.3 is 24.6 Å². The van der Waals surface area contributed by atoms with Crippen molar-refractivity contribution in [2.24, 2.45) is 0 Å². The molecular weight excluding hydrogens is 450 g/mol. The molecule has 0 saturated carbocycles. The summed E-state index contributed by atoms with van der Waals surface area (Å²) in [7, 11) is 0. The average Bonchev–Trinajstić information content (AvgIpc) is 2.78. The van der Waals surface area contributed by atoms with Crippen LogP contribution >= 0.6 is 15.9 Å². The minimum Gasteiger partial charge on any atom is -0.482 e. The zero-order valence-corrected chi connectivity index (χ0v) is 18.6. The molecule has 8 heteroatoms. The molecule has 0 bridgehead atoms. The molecule has 0 atom stereocenters. The Labute approximate surface area is 185 Å². The number of nitrogens with one attached hydrogen (secondary N) is 1. The number of anilines is 2. The van der Waals surface area contributed by atoms with Gasteiger partial charge in [0.15, 0.2) is 13.2 Å². The Morgan fingerprint density at radius 2 is 1.63 bits per heavy atom. The molecule has 30 heavy (non-hydrogen) atoms. The fraction of sp³-hybridized carbons (Fsp3) is 0.364. The van der Waals surface area contributed by atoms with Crippen LogP contribution in [0.4, 0.5) is 11.4 Å². The van der Waals surface area contributed by atoms with E-state index in [0.717, 1.165) is 42.9 Å². The van der Waals surface area contributed by atoms with Crippen LogP contribution in [-0.2, 0) is 14.3 Å². The third kappa shape index (κ3) is 6.74. The van der Waals surface area contributed by atoms with Gasteiger partial charge in [0.05, 0.1) is 0 Å². The number of likely N-dealkylation sites (N-methyl/N-ethyl adjacent to an activating group) is 1. The van der Waals surface area contributed by atoms with E-state index in [2.05, 4.69) is 38.0 Å². The second-order valence-corrected chi connectivity index (χ2v) is 7.84. The molecule has 1 aliphatic heterocycles. The number of carbonyl (C=O) groups is 2. The van der Waals surface area contributed by atoms with Crippen molar-refractivity contribution in [3.8, 4) is 5.75 Å². The molecular formula is C22H26BrN3O4. The lowest BCUT2D eigenvalue weighted by Gasteiger charge is -2.35. The van der Waals surface area contributed by atoms with Crippen LogP contribution in [0.2, 0.25) is 0 Å². The van der Waals surface area contributed by atoms with Crippen molar-refractivity contribution in [1.82, 2.24) is 4.90 Å². The Morgan fingerprint density at radius 3 is 2.27 bits per heavy atom. The summed E-state index contributed by atoms with van der Waals surface area (Å²) in [5.74, 6) is -0.443. The second kappa shape index (κ2) is 11.0. The number of ether oxygens (including phenoxy) is 2. The number of piperazine rings is 1. The molecule has 1 saturated heterocycles. The Balaban J connectivity index is 1.38. The summed E-state index contributed by atoms with van der Waals surface area (Å²) in [6.07, 6.45) is 0. The number of hydrogen-bond donors (Lipinski definition) is 1. The Bertz CT molecular complexity index is 834. The maximum Gasteiger partial charge on any atom is 0.344 e. The fourth-order valence-corrected chi connectivity index (χ4v) is 3.40. The molecule has 2 aromatic rings. The molecule has 1 heterocycles. The minimum absolute atomic E-state index is 0.255. The zero-order chi connectivity index (χ0) is 21.3. The number of hydrogen-bond acceptors (Lipinski definition) is 6. The number of carbonyl (C=O) groups excluding carboxylic acids is 2. The Morgan fingerprint density at radius 1 is 0.967 bits per heavy atom. The first kappa shape index (κ1) is 22.1. The van der Waals surface area contributed by atoms with Gasteiger partial charge in [0.1, 0.15) is 5.75 Å². The van der Waals surface area contributed by atoms with Crippen LogP contribution in [0.25, 0.3) is 0 Å². The molecule has 1 amide bonds. The van der Waals surface area contributed by atoms with Crippen molar-refractivity contribution in [2.45, 2.75) is 6.92 Å². The highest BCUT2D eigenvalue weighted by Crippen LogP contribution is 2.19. The van der Waals surface area contributed by atoms with Gasteiger partial charge in [-0.3, -0.25) is 4.79 Å². The van der Waals surface area contributed by atoms with Gasteiger partial charge in [-0.1, -0.05) is 22.9 Å². The van der Waals surface area contributed by atoms with Crippen LogP contribution in [0.3, 0.4) is 0 Å². The van der Waals surface area contributed by atoms with Crippen molar-refractivity contribution in [3.63, 3.8) is 0 Å². The van der Waals surface area contributed by atoms with Crippen LogP contribution in [0.15, 0.2) is 53.0 Å². The monoisotopic (exact) mass is 475 g/mol. The van der Waals surface area contributed by atoms with E-state index < -0.39 is 11.9 Å². The molecule has 7 nitrogen and oxygen atoms in total. The first-order valence-corrected chi connectivity index (χ1v) is 10.7. The van der Waals surface area contributed by atoms with Crippen LogP contribution in [0.1, 0.15) is 6.92 Å². The van der Waals surface area contributed by atoms with Crippen LogP contribution in [0, 0.1) is 0 Å². The molecule has 1 fully saturated rings. The van der Waals surface area contributed by atoms with E-state index in [-0.39, 0.29) is 13.2 Å². The van der Waals surface area contributed by atoms with Crippen LogP contribution in [-0.4, -0.2) is 62.7 Å². The third-order valence-electron chi connectivity index (χ3n) is 4.87. The standard InChI is InChI=1S/C22H26BrN3O4/c1-2-25-11-13-26(14-12-25)19-7-5-18(6-8-19)24-21(27)15-30-22(28)16-29-20-9-3-17(23)4-10-20/h3-10H,2,11-16H2,1H3,(H,24,27). The number of halogens is 1. The van der Waals surface area contributed by atoms with Crippen LogP contribution in [0.5, 0.6) is 5.75 Å². The fourth-order valence-electron chi connectivity index (χ4n) is 3.14. The van der Waals surface area contributed by atoms with E-state index in [4.69, 9.17) is 9.47 Å². The molecule has 1 N–H and O–H groups in total. The zero-order valence-electron chi connectivity index (χ0n) is 17.0. The van der Waals surface area contributed by atoms with E-state index in [1.807, 2.05) is 36.4 Å². The van der Waals surface area contributed by atoms with Crippen molar-refractivity contribution in [2.75, 3.05) is 56.2 Å². The lowest BCUT2D eigenvalue weighted by Crippen LogP contribution is -2.46. The van der Waals surface area contributed by atoms with Crippen molar-refractivity contribution >= 4 is 39.2 Å². The number of esters is 1. The lowest BCUT2D eigenvalue weighted by atomic mass is 10.2. The predicted molar refractivity (Wildman–Crippen MR) is 120 cm³/mol. The van der Waals surface area contributed by atoms with Gasteiger partial charge >= 0.3 is 5.97 Å². The second-order valence-electron chi connectivity index (χ2n) is 6.92. The number of amides is 1. The molecule has 3 rings (SSSR count). The summed E-state index contributed by atoms with van der Waals surface area (Å²) in [5.41, 5.74) is 1.80. The number of rotatable bonds is 8. The van der Waals surface area contributed by atoms with Gasteiger partial charge in [-0.15, -0.1) is 0 Å². The molecule has 1 aliphatic rings. The Hall–Kier alpha value is -2.58. The third-order valence-corrected chi connectivity index (χ3v) is 5.40. The molecule has 0 aromatic heterocycles. The van der Waals surface area contributed by atoms with E-state index in [1.54, 1.807) is 12.1 Å². The van der Waals surface area contributed by atoms with E-state index in [1.165, 1.54) is 0 Å². The lowest BCUT2D eigenvalue weighted by molar-refractivity contribution is -0.149. The largest absolute Gasteiger partial charge is 0.482 e. The van der Waals surface area contributed by atoms with Gasteiger partial charge in [0.25, 0.3) is 5.91 Å². The van der Waals surface area contributed by atoms with E-state index in [9.17, 15) is 9.59 Å². The van der Waals surface area contributed by atoms with Gasteiger partial charge in [-0.05, 0) is 55.1 Å². The minimum atomic E-state index is -0.602. The summed E-state index contributed by atoms with van der Waals surface area (Å²) in [5, 5.41) is 2.73. The average molecular weight is 476 g/mol. The van der Waals surface area contributed by atoms with Gasteiger partial charge in [-0.25, -0.2) is 4.79 Å². The number of benzene rings is 2. The highest BCUT2D eigenvalue weighted by atomic mass is 79.9. The van der Waals surface area contributed by atoms with E-state index in [0.29, 0.717) is 11.4 Å². The molecule has 160 valence electrons. The molecule has 0 unspecified atom stereocenters. The summed E-state index contributed by atoms with van der Waals surface area (Å²) < 4.78 is 11.2. The highest BCUT2D eigenvalue weighted by molar-refractivity contribution is 9.10. The quantitative estimate of drug-likeness (QED) is 0.591. The van der Waals surface area contributed by atoms with Crippen molar-refractivity contribution in [1.29, 1.82) is 0 Å². The smallest absolute Gasteiger partial charge is 0.344 e. The van der Waals surface area contributed by atoms with Gasteiger partial charge in [0.2, 0.25) is 0 Å². The molecule has 0 aliphatic carbocycles. The van der Waals surface area contributed by atoms with Gasteiger partial charge in [0, 0.05) is 42.0 Å². The van der Waals surface area contributed by atoms with E-state index >= 15 is 0 Å². The first-order chi connectivity index (χ1) is 14.5. The summed E-state index contributed by atoms with van der Waals surface area (Å²) in [4.78, 5) is 28.6. The summed E-state index contributed by atoms with van der Waals surface area (Å²) in [6.45, 7) is 6.77. The Kier molecular flexibility index (Phi) is 8.10. The number of nitrogens with zero attached hydrogens (tertiary/aromatic N) is 2. The first-order valence-electron chi connectivity index (χ1n) is 9.94. The molecule has 2 aromatic carbocycles. The predicted octanol–water partition coefficient (Wildman–Crippen LogP) is 3.15. The molecule has 0 spiro atoms. The maximum absolute atomic E-state index is 12.0. The summed E-state index contributed by atoms with van der Waals surface area (Å²) in [6, 6.07) is 14.8. The normalized spacial score (nSPS) is 14.3.